The monoisotopic (exact) mass is 376 g/mol. The molecule has 0 aliphatic carbocycles. The standard InChI is InChI=1S/C20H28N2O5/c1-5-17(23)15-8-6-7-9-16(15)21-20(19(25)26-4)10-12-22(13-11-20)27-18(24)14(2)3/h6-9,14,21H,5,10-13H2,1-4H3. The van der Waals surface area contributed by atoms with Gasteiger partial charge in [-0.2, -0.15) is 0 Å². The van der Waals surface area contributed by atoms with Gasteiger partial charge in [-0.3, -0.25) is 9.59 Å². The molecule has 1 saturated heterocycles. The van der Waals surface area contributed by atoms with Gasteiger partial charge in [-0.25, -0.2) is 4.79 Å². The van der Waals surface area contributed by atoms with Crippen LogP contribution >= 0.6 is 0 Å². The zero-order chi connectivity index (χ0) is 20.0. The second-order valence-electron chi connectivity index (χ2n) is 7.02. The van der Waals surface area contributed by atoms with Crippen molar-refractivity contribution in [3.05, 3.63) is 29.8 Å². The lowest BCUT2D eigenvalue weighted by molar-refractivity contribution is -0.201. The van der Waals surface area contributed by atoms with Gasteiger partial charge < -0.3 is 14.9 Å². The quantitative estimate of drug-likeness (QED) is 0.578. The van der Waals surface area contributed by atoms with Crippen LogP contribution < -0.4 is 5.32 Å². The van der Waals surface area contributed by atoms with Crippen molar-refractivity contribution in [2.45, 2.75) is 45.6 Å². The summed E-state index contributed by atoms with van der Waals surface area (Å²) in [4.78, 5) is 42.0. The predicted molar refractivity (Wildman–Crippen MR) is 101 cm³/mol. The number of carbonyl (C=O) groups is 3. The molecule has 0 bridgehead atoms. The number of nitrogens with one attached hydrogen (secondary N) is 1. The normalized spacial score (nSPS) is 16.6. The number of methoxy groups -OCH3 is 1. The lowest BCUT2D eigenvalue weighted by atomic mass is 9.87. The molecule has 0 aromatic heterocycles. The summed E-state index contributed by atoms with van der Waals surface area (Å²) in [6.07, 6.45) is 1.16. The molecule has 1 heterocycles. The minimum atomic E-state index is -0.973. The van der Waals surface area contributed by atoms with Crippen molar-refractivity contribution in [3.8, 4) is 0 Å². The second-order valence-corrected chi connectivity index (χ2v) is 7.02. The van der Waals surface area contributed by atoms with Gasteiger partial charge in [0.25, 0.3) is 0 Å². The van der Waals surface area contributed by atoms with E-state index in [1.165, 1.54) is 7.11 Å². The molecule has 148 valence electrons. The van der Waals surface area contributed by atoms with Crippen LogP contribution in [-0.4, -0.2) is 48.5 Å². The van der Waals surface area contributed by atoms with E-state index in [-0.39, 0.29) is 17.7 Å². The van der Waals surface area contributed by atoms with E-state index < -0.39 is 11.5 Å². The molecule has 2 rings (SSSR count). The van der Waals surface area contributed by atoms with Crippen molar-refractivity contribution in [2.24, 2.45) is 5.92 Å². The van der Waals surface area contributed by atoms with Crippen LogP contribution in [0.25, 0.3) is 0 Å². The molecule has 0 amide bonds. The van der Waals surface area contributed by atoms with E-state index >= 15 is 0 Å². The van der Waals surface area contributed by atoms with E-state index in [2.05, 4.69) is 5.32 Å². The van der Waals surface area contributed by atoms with Gasteiger partial charge in [0.2, 0.25) is 0 Å². The van der Waals surface area contributed by atoms with Crippen LogP contribution in [0.4, 0.5) is 5.69 Å². The maximum Gasteiger partial charge on any atom is 0.331 e. The number of hydrogen-bond donors (Lipinski definition) is 1. The molecule has 0 radical (unpaired) electrons. The number of benzene rings is 1. The fourth-order valence-electron chi connectivity index (χ4n) is 3.05. The molecule has 1 N–H and O–H groups in total. The number of hydroxylamine groups is 2. The van der Waals surface area contributed by atoms with Gasteiger partial charge in [0.05, 0.1) is 13.0 Å². The first kappa shape index (κ1) is 20.9. The average Bonchev–Trinajstić information content (AvgIpc) is 2.68. The van der Waals surface area contributed by atoms with Crippen LogP contribution in [0.3, 0.4) is 0 Å². The Balaban J connectivity index is 2.19. The van der Waals surface area contributed by atoms with Crippen molar-refractivity contribution in [3.63, 3.8) is 0 Å². The van der Waals surface area contributed by atoms with Crippen molar-refractivity contribution < 1.29 is 24.0 Å². The van der Waals surface area contributed by atoms with Gasteiger partial charge in [0.1, 0.15) is 5.54 Å². The largest absolute Gasteiger partial charge is 0.467 e. The Morgan fingerprint density at radius 2 is 1.81 bits per heavy atom. The maximum absolute atomic E-state index is 12.6. The summed E-state index contributed by atoms with van der Waals surface area (Å²) >= 11 is 0. The zero-order valence-electron chi connectivity index (χ0n) is 16.4. The molecule has 27 heavy (non-hydrogen) atoms. The topological polar surface area (TPSA) is 84.9 Å². The lowest BCUT2D eigenvalue weighted by Gasteiger charge is -2.40. The Bertz CT molecular complexity index is 693. The number of Topliss-reactive ketones (excluding diaryl/α,β-unsaturated/α-hetero) is 1. The molecule has 7 nitrogen and oxygen atoms in total. The Hall–Kier alpha value is -2.41. The van der Waals surface area contributed by atoms with Crippen LogP contribution in [0.15, 0.2) is 24.3 Å². The van der Waals surface area contributed by atoms with Crippen molar-refractivity contribution in [1.29, 1.82) is 0 Å². The van der Waals surface area contributed by atoms with E-state index in [0.717, 1.165) is 0 Å². The van der Waals surface area contributed by atoms with Crippen LogP contribution in [0, 0.1) is 5.92 Å². The molecule has 1 aliphatic rings. The molecular formula is C20H28N2O5. The van der Waals surface area contributed by atoms with Crippen LogP contribution in [0.5, 0.6) is 0 Å². The van der Waals surface area contributed by atoms with Gasteiger partial charge in [0.15, 0.2) is 5.78 Å². The van der Waals surface area contributed by atoms with E-state index in [9.17, 15) is 14.4 Å². The maximum atomic E-state index is 12.6. The summed E-state index contributed by atoms with van der Waals surface area (Å²) in [6.45, 7) is 6.13. The van der Waals surface area contributed by atoms with Crippen LogP contribution in [0.1, 0.15) is 50.4 Å². The highest BCUT2D eigenvalue weighted by molar-refractivity contribution is 6.01. The Morgan fingerprint density at radius 3 is 2.37 bits per heavy atom. The average molecular weight is 376 g/mol. The van der Waals surface area contributed by atoms with E-state index in [0.29, 0.717) is 43.6 Å². The molecule has 1 fully saturated rings. The number of carbonyl (C=O) groups excluding carboxylic acids is 3. The van der Waals surface area contributed by atoms with Crippen molar-refractivity contribution >= 4 is 23.4 Å². The predicted octanol–water partition coefficient (Wildman–Crippen LogP) is 2.81. The minimum Gasteiger partial charge on any atom is -0.467 e. The molecule has 0 spiro atoms. The SMILES string of the molecule is CCC(=O)c1ccccc1NC1(C(=O)OC)CCN(OC(=O)C(C)C)CC1. The van der Waals surface area contributed by atoms with E-state index in [4.69, 9.17) is 9.57 Å². The van der Waals surface area contributed by atoms with Crippen LogP contribution in [0.2, 0.25) is 0 Å². The Labute approximate surface area is 160 Å². The third kappa shape index (κ3) is 4.86. The molecule has 0 saturated carbocycles. The number of ether oxygens (including phenoxy) is 1. The van der Waals surface area contributed by atoms with Gasteiger partial charge in [-0.05, 0) is 25.0 Å². The number of piperidine rings is 1. The van der Waals surface area contributed by atoms with Crippen molar-refractivity contribution in [1.82, 2.24) is 5.06 Å². The minimum absolute atomic E-state index is 0.00131. The summed E-state index contributed by atoms with van der Waals surface area (Å²) in [6, 6.07) is 7.16. The molecule has 0 atom stereocenters. The van der Waals surface area contributed by atoms with E-state index in [1.807, 2.05) is 6.07 Å². The van der Waals surface area contributed by atoms with Gasteiger partial charge in [0, 0.05) is 30.8 Å². The molecule has 0 unspecified atom stereocenters. The van der Waals surface area contributed by atoms with Crippen LogP contribution in [-0.2, 0) is 19.2 Å². The number of hydrogen-bond acceptors (Lipinski definition) is 7. The molecular weight excluding hydrogens is 348 g/mol. The lowest BCUT2D eigenvalue weighted by Crippen LogP contribution is -2.55. The van der Waals surface area contributed by atoms with Gasteiger partial charge in [-0.15, -0.1) is 5.06 Å². The smallest absolute Gasteiger partial charge is 0.331 e. The Morgan fingerprint density at radius 1 is 1.19 bits per heavy atom. The highest BCUT2D eigenvalue weighted by atomic mass is 16.7. The highest BCUT2D eigenvalue weighted by Crippen LogP contribution is 2.31. The molecule has 1 aromatic carbocycles. The Kier molecular flexibility index (Phi) is 6.96. The highest BCUT2D eigenvalue weighted by Gasteiger charge is 2.44. The summed E-state index contributed by atoms with van der Waals surface area (Å²) in [5, 5.41) is 4.84. The number of para-hydroxylation sites is 1. The molecule has 7 heteroatoms. The summed E-state index contributed by atoms with van der Waals surface area (Å²) in [7, 11) is 1.35. The number of anilines is 1. The van der Waals surface area contributed by atoms with Gasteiger partial charge in [-0.1, -0.05) is 32.9 Å². The number of nitrogens with zero attached hydrogens (tertiary/aromatic N) is 1. The van der Waals surface area contributed by atoms with E-state index in [1.54, 1.807) is 44.0 Å². The summed E-state index contributed by atoms with van der Waals surface area (Å²) in [5.41, 5.74) is 0.193. The summed E-state index contributed by atoms with van der Waals surface area (Å²) < 4.78 is 5.03. The first-order valence-electron chi connectivity index (χ1n) is 9.28. The third-order valence-corrected chi connectivity index (χ3v) is 4.77. The fourth-order valence-corrected chi connectivity index (χ4v) is 3.05. The molecule has 1 aromatic rings. The zero-order valence-corrected chi connectivity index (χ0v) is 16.4. The summed E-state index contributed by atoms with van der Waals surface area (Å²) in [5.74, 6) is -0.910. The number of rotatable bonds is 7. The third-order valence-electron chi connectivity index (χ3n) is 4.77. The van der Waals surface area contributed by atoms with Crippen molar-refractivity contribution in [2.75, 3.05) is 25.5 Å². The van der Waals surface area contributed by atoms with Gasteiger partial charge >= 0.3 is 11.9 Å². The second kappa shape index (κ2) is 8.99. The molecule has 1 aliphatic heterocycles. The fraction of sp³-hybridized carbons (Fsp3) is 0.550. The number of esters is 1. The first-order valence-corrected chi connectivity index (χ1v) is 9.28. The first-order chi connectivity index (χ1) is 12.8. The number of ketones is 1.